The molecule has 0 aliphatic heterocycles. The van der Waals surface area contributed by atoms with Crippen LogP contribution in [0.15, 0.2) is 77.7 Å². The molecule has 0 radical (unpaired) electrons. The molecule has 0 saturated heterocycles. The lowest BCUT2D eigenvalue weighted by Gasteiger charge is -2.15. The summed E-state index contributed by atoms with van der Waals surface area (Å²) in [5, 5.41) is 5.20. The van der Waals surface area contributed by atoms with Gasteiger partial charge in [-0.15, -0.1) is 0 Å². The number of rotatable bonds is 7. The van der Waals surface area contributed by atoms with Crippen molar-refractivity contribution >= 4 is 33.2 Å². The molecule has 1 unspecified atom stereocenters. The zero-order valence-corrected chi connectivity index (χ0v) is 17.6. The Hall–Kier alpha value is -3.79. The normalized spacial score (nSPS) is 12.0. The van der Waals surface area contributed by atoms with Gasteiger partial charge in [0.1, 0.15) is 6.04 Å². The van der Waals surface area contributed by atoms with Crippen molar-refractivity contribution in [1.29, 1.82) is 0 Å². The second-order valence-electron chi connectivity index (χ2n) is 6.81. The summed E-state index contributed by atoms with van der Waals surface area (Å²) in [5.41, 5.74) is 0.939. The quantitative estimate of drug-likeness (QED) is 0.503. The van der Waals surface area contributed by atoms with E-state index in [1.54, 1.807) is 30.3 Å². The number of anilines is 2. The summed E-state index contributed by atoms with van der Waals surface area (Å²) < 4.78 is 53.3. The molecule has 2 amide bonds. The molecular formula is C22H19F2N3O4S. The van der Waals surface area contributed by atoms with E-state index in [-0.39, 0.29) is 5.69 Å². The number of hydrogen-bond acceptors (Lipinski definition) is 4. The summed E-state index contributed by atoms with van der Waals surface area (Å²) in [5.74, 6) is -3.29. The molecule has 0 fully saturated rings. The molecule has 3 N–H and O–H groups in total. The number of sulfonamides is 1. The fraction of sp³-hybridized carbons (Fsp3) is 0.0909. The van der Waals surface area contributed by atoms with Gasteiger partial charge in [-0.3, -0.25) is 14.3 Å². The topological polar surface area (TPSA) is 104 Å². The van der Waals surface area contributed by atoms with E-state index in [0.29, 0.717) is 17.3 Å². The van der Waals surface area contributed by atoms with Gasteiger partial charge in [-0.05, 0) is 61.5 Å². The average molecular weight is 459 g/mol. The van der Waals surface area contributed by atoms with Crippen molar-refractivity contribution in [3.63, 3.8) is 0 Å². The van der Waals surface area contributed by atoms with E-state index in [2.05, 4.69) is 15.4 Å². The van der Waals surface area contributed by atoms with Crippen LogP contribution in [0.2, 0.25) is 0 Å². The van der Waals surface area contributed by atoms with Crippen molar-refractivity contribution in [1.82, 2.24) is 5.32 Å². The Morgan fingerprint density at radius 1 is 0.844 bits per heavy atom. The van der Waals surface area contributed by atoms with Crippen molar-refractivity contribution in [2.75, 3.05) is 10.0 Å². The highest BCUT2D eigenvalue weighted by atomic mass is 32.2. The lowest BCUT2D eigenvalue weighted by molar-refractivity contribution is -0.117. The third-order valence-corrected chi connectivity index (χ3v) is 5.76. The highest BCUT2D eigenvalue weighted by Crippen LogP contribution is 2.20. The van der Waals surface area contributed by atoms with Gasteiger partial charge in [0.2, 0.25) is 5.91 Å². The molecular weight excluding hydrogens is 440 g/mol. The number of benzene rings is 3. The lowest BCUT2D eigenvalue weighted by Crippen LogP contribution is -2.41. The van der Waals surface area contributed by atoms with Gasteiger partial charge < -0.3 is 10.6 Å². The molecule has 0 spiro atoms. The van der Waals surface area contributed by atoms with Gasteiger partial charge in [0.25, 0.3) is 15.9 Å². The van der Waals surface area contributed by atoms with Gasteiger partial charge in [0.15, 0.2) is 11.6 Å². The molecule has 0 heterocycles. The minimum absolute atomic E-state index is 0.151. The number of amides is 2. The second kappa shape index (κ2) is 9.56. The summed E-state index contributed by atoms with van der Waals surface area (Å²) in [6.07, 6.45) is 0. The Morgan fingerprint density at radius 3 is 2.09 bits per heavy atom. The van der Waals surface area contributed by atoms with E-state index >= 15 is 0 Å². The summed E-state index contributed by atoms with van der Waals surface area (Å²) in [7, 11) is -4.13. The standard InChI is InChI=1S/C22H19F2N3O4S/c1-14(25-22(29)15-5-3-2-4-6-15)21(28)26-16-7-9-17(10-8-16)27-32(30,31)18-11-12-19(23)20(24)13-18/h2-14,27H,1H3,(H,25,29)(H,26,28). The molecule has 0 aliphatic rings. The first-order valence-electron chi connectivity index (χ1n) is 9.40. The highest BCUT2D eigenvalue weighted by molar-refractivity contribution is 7.92. The van der Waals surface area contributed by atoms with Gasteiger partial charge >= 0.3 is 0 Å². The molecule has 0 aliphatic carbocycles. The maximum Gasteiger partial charge on any atom is 0.261 e. The molecule has 32 heavy (non-hydrogen) atoms. The number of hydrogen-bond donors (Lipinski definition) is 3. The zero-order valence-electron chi connectivity index (χ0n) is 16.8. The molecule has 0 aromatic heterocycles. The van der Waals surface area contributed by atoms with E-state index in [1.807, 2.05) is 0 Å². The fourth-order valence-corrected chi connectivity index (χ4v) is 3.74. The van der Waals surface area contributed by atoms with Gasteiger partial charge in [0, 0.05) is 16.9 Å². The Morgan fingerprint density at radius 2 is 1.47 bits per heavy atom. The zero-order chi connectivity index (χ0) is 23.3. The second-order valence-corrected chi connectivity index (χ2v) is 8.49. The molecule has 3 aromatic carbocycles. The van der Waals surface area contributed by atoms with Crippen molar-refractivity contribution < 1.29 is 26.8 Å². The van der Waals surface area contributed by atoms with Gasteiger partial charge in [-0.25, -0.2) is 17.2 Å². The van der Waals surface area contributed by atoms with Crippen LogP contribution < -0.4 is 15.4 Å². The Kier molecular flexibility index (Phi) is 6.84. The smallest absolute Gasteiger partial charge is 0.261 e. The number of carbonyl (C=O) groups is 2. The Balaban J connectivity index is 1.60. The monoisotopic (exact) mass is 459 g/mol. The minimum atomic E-state index is -4.13. The van der Waals surface area contributed by atoms with Crippen LogP contribution in [0.4, 0.5) is 20.2 Å². The summed E-state index contributed by atoms with van der Waals surface area (Å²) >= 11 is 0. The summed E-state index contributed by atoms with van der Waals surface area (Å²) in [6, 6.07) is 15.5. The molecule has 0 saturated carbocycles. The predicted molar refractivity (Wildman–Crippen MR) is 116 cm³/mol. The van der Waals surface area contributed by atoms with Crippen molar-refractivity contribution in [3.05, 3.63) is 90.0 Å². The number of halogens is 2. The fourth-order valence-electron chi connectivity index (χ4n) is 2.67. The van der Waals surface area contributed by atoms with E-state index < -0.39 is 44.4 Å². The molecule has 1 atom stereocenters. The molecule has 3 rings (SSSR count). The van der Waals surface area contributed by atoms with Crippen LogP contribution in [0.1, 0.15) is 17.3 Å². The highest BCUT2D eigenvalue weighted by Gasteiger charge is 2.18. The van der Waals surface area contributed by atoms with Crippen LogP contribution in [-0.2, 0) is 14.8 Å². The van der Waals surface area contributed by atoms with E-state index in [4.69, 9.17) is 0 Å². The van der Waals surface area contributed by atoms with Crippen LogP contribution in [0.3, 0.4) is 0 Å². The van der Waals surface area contributed by atoms with E-state index in [9.17, 15) is 26.8 Å². The van der Waals surface area contributed by atoms with Crippen LogP contribution in [0.25, 0.3) is 0 Å². The maximum absolute atomic E-state index is 13.3. The van der Waals surface area contributed by atoms with Crippen LogP contribution in [0.5, 0.6) is 0 Å². The molecule has 166 valence electrons. The third kappa shape index (κ3) is 5.67. The molecule has 7 nitrogen and oxygen atoms in total. The maximum atomic E-state index is 13.3. The van der Waals surface area contributed by atoms with Gasteiger partial charge in [0.05, 0.1) is 4.90 Å². The Bertz CT molecular complexity index is 1230. The molecule has 10 heteroatoms. The van der Waals surface area contributed by atoms with Crippen molar-refractivity contribution in [2.45, 2.75) is 17.9 Å². The van der Waals surface area contributed by atoms with E-state index in [1.165, 1.54) is 31.2 Å². The molecule has 3 aromatic rings. The van der Waals surface area contributed by atoms with E-state index in [0.717, 1.165) is 12.1 Å². The minimum Gasteiger partial charge on any atom is -0.341 e. The van der Waals surface area contributed by atoms with Crippen LogP contribution in [0, 0.1) is 11.6 Å². The molecule has 0 bridgehead atoms. The largest absolute Gasteiger partial charge is 0.341 e. The van der Waals surface area contributed by atoms with Gasteiger partial charge in [-0.2, -0.15) is 0 Å². The third-order valence-electron chi connectivity index (χ3n) is 4.38. The Labute approximate surface area is 183 Å². The van der Waals surface area contributed by atoms with Crippen molar-refractivity contribution in [3.8, 4) is 0 Å². The summed E-state index contributed by atoms with van der Waals surface area (Å²) in [4.78, 5) is 24.0. The van der Waals surface area contributed by atoms with Crippen LogP contribution >= 0.6 is 0 Å². The lowest BCUT2D eigenvalue weighted by atomic mass is 10.2. The average Bonchev–Trinajstić information content (AvgIpc) is 2.77. The first-order chi connectivity index (χ1) is 15.2. The first-order valence-corrected chi connectivity index (χ1v) is 10.9. The van der Waals surface area contributed by atoms with Crippen molar-refractivity contribution in [2.24, 2.45) is 0 Å². The van der Waals surface area contributed by atoms with Gasteiger partial charge in [-0.1, -0.05) is 18.2 Å². The number of nitrogens with one attached hydrogen (secondary N) is 3. The summed E-state index contributed by atoms with van der Waals surface area (Å²) in [6.45, 7) is 1.53. The first kappa shape index (κ1) is 22.9. The number of carbonyl (C=O) groups excluding carboxylic acids is 2. The van der Waals surface area contributed by atoms with Crippen LogP contribution in [-0.4, -0.2) is 26.3 Å². The SMILES string of the molecule is CC(NC(=O)c1ccccc1)C(=O)Nc1ccc(NS(=O)(=O)c2ccc(F)c(F)c2)cc1. The predicted octanol–water partition coefficient (Wildman–Crippen LogP) is 3.52.